The number of ether oxygens (including phenoxy) is 1. The van der Waals surface area contributed by atoms with Gasteiger partial charge in [-0.25, -0.2) is 0 Å². The standard InChI is InChI=1S/C12H16F2N2O3/c1-4-12(2,3)15-8-5-6-9(16(17)18)10(7-8)19-11(13)14/h5-7,11,15H,4H2,1-3H3. The van der Waals surface area contributed by atoms with Crippen LogP contribution >= 0.6 is 0 Å². The Hall–Kier alpha value is -1.92. The summed E-state index contributed by atoms with van der Waals surface area (Å²) in [5, 5.41) is 13.8. The minimum absolute atomic E-state index is 0.252. The number of nitro benzene ring substituents is 1. The Kier molecular flexibility index (Phi) is 4.63. The molecule has 0 amide bonds. The molecule has 0 fully saturated rings. The van der Waals surface area contributed by atoms with Crippen molar-refractivity contribution in [3.63, 3.8) is 0 Å². The predicted molar refractivity (Wildman–Crippen MR) is 67.7 cm³/mol. The van der Waals surface area contributed by atoms with E-state index in [1.54, 1.807) is 0 Å². The maximum Gasteiger partial charge on any atom is 0.387 e. The molecule has 0 heterocycles. The van der Waals surface area contributed by atoms with Crippen LogP contribution in [0.15, 0.2) is 18.2 Å². The number of benzene rings is 1. The van der Waals surface area contributed by atoms with Gasteiger partial charge in [0, 0.05) is 23.4 Å². The smallest absolute Gasteiger partial charge is 0.387 e. The molecular weight excluding hydrogens is 258 g/mol. The molecule has 0 saturated heterocycles. The number of rotatable bonds is 6. The minimum atomic E-state index is -3.10. The number of anilines is 1. The predicted octanol–water partition coefficient (Wildman–Crippen LogP) is 3.80. The maximum absolute atomic E-state index is 12.2. The lowest BCUT2D eigenvalue weighted by atomic mass is 10.0. The largest absolute Gasteiger partial charge is 0.427 e. The highest BCUT2D eigenvalue weighted by atomic mass is 19.3. The third kappa shape index (κ3) is 4.35. The van der Waals surface area contributed by atoms with Gasteiger partial charge < -0.3 is 10.1 Å². The van der Waals surface area contributed by atoms with Crippen molar-refractivity contribution in [3.05, 3.63) is 28.3 Å². The third-order valence-corrected chi connectivity index (χ3v) is 2.74. The van der Waals surface area contributed by atoms with Gasteiger partial charge in [-0.2, -0.15) is 8.78 Å². The summed E-state index contributed by atoms with van der Waals surface area (Å²) in [4.78, 5) is 9.96. The normalized spacial score (nSPS) is 11.5. The average Bonchev–Trinajstić information content (AvgIpc) is 2.27. The number of alkyl halides is 2. The van der Waals surface area contributed by atoms with Gasteiger partial charge in [0.1, 0.15) is 0 Å². The topological polar surface area (TPSA) is 64.4 Å². The summed E-state index contributed by atoms with van der Waals surface area (Å²) in [7, 11) is 0. The number of hydrogen-bond acceptors (Lipinski definition) is 4. The van der Waals surface area contributed by atoms with Crippen LogP contribution in [0.5, 0.6) is 5.75 Å². The molecule has 0 saturated carbocycles. The molecule has 0 aliphatic carbocycles. The summed E-state index contributed by atoms with van der Waals surface area (Å²) >= 11 is 0. The average molecular weight is 274 g/mol. The van der Waals surface area contributed by atoms with E-state index in [0.29, 0.717) is 5.69 Å². The quantitative estimate of drug-likeness (QED) is 0.633. The van der Waals surface area contributed by atoms with Crippen LogP contribution in [-0.2, 0) is 0 Å². The fourth-order valence-corrected chi connectivity index (χ4v) is 1.41. The molecule has 0 atom stereocenters. The molecule has 0 unspecified atom stereocenters. The van der Waals surface area contributed by atoms with E-state index in [-0.39, 0.29) is 5.54 Å². The molecule has 1 rings (SSSR count). The zero-order valence-corrected chi connectivity index (χ0v) is 10.9. The van der Waals surface area contributed by atoms with Crippen molar-refractivity contribution in [1.29, 1.82) is 0 Å². The Balaban J connectivity index is 3.07. The molecule has 106 valence electrons. The van der Waals surface area contributed by atoms with Crippen LogP contribution in [0, 0.1) is 10.1 Å². The highest BCUT2D eigenvalue weighted by molar-refractivity contribution is 5.58. The van der Waals surface area contributed by atoms with Crippen LogP contribution < -0.4 is 10.1 Å². The molecular formula is C12H16F2N2O3. The van der Waals surface area contributed by atoms with E-state index in [0.717, 1.165) is 12.5 Å². The summed E-state index contributed by atoms with van der Waals surface area (Å²) < 4.78 is 28.6. The van der Waals surface area contributed by atoms with Gasteiger partial charge in [-0.05, 0) is 26.3 Å². The summed E-state index contributed by atoms with van der Waals surface area (Å²) in [6.07, 6.45) is 0.801. The van der Waals surface area contributed by atoms with Gasteiger partial charge in [-0.3, -0.25) is 10.1 Å². The Morgan fingerprint density at radius 3 is 2.58 bits per heavy atom. The summed E-state index contributed by atoms with van der Waals surface area (Å²) in [5.74, 6) is -0.447. The van der Waals surface area contributed by atoms with E-state index in [1.807, 2.05) is 20.8 Å². The Labute approximate surface area is 109 Å². The third-order valence-electron chi connectivity index (χ3n) is 2.74. The van der Waals surface area contributed by atoms with Crippen molar-refractivity contribution in [2.24, 2.45) is 0 Å². The van der Waals surface area contributed by atoms with Gasteiger partial charge in [0.05, 0.1) is 4.92 Å². The highest BCUT2D eigenvalue weighted by Gasteiger charge is 2.21. The van der Waals surface area contributed by atoms with Crippen LogP contribution in [0.1, 0.15) is 27.2 Å². The van der Waals surface area contributed by atoms with Crippen molar-refractivity contribution in [2.45, 2.75) is 39.3 Å². The SMILES string of the molecule is CCC(C)(C)Nc1ccc([N+](=O)[O-])c(OC(F)F)c1. The minimum Gasteiger partial charge on any atom is -0.427 e. The summed E-state index contributed by atoms with van der Waals surface area (Å²) in [5.41, 5.74) is -0.244. The number of halogens is 2. The fourth-order valence-electron chi connectivity index (χ4n) is 1.41. The van der Waals surface area contributed by atoms with Crippen molar-refractivity contribution in [3.8, 4) is 5.75 Å². The summed E-state index contributed by atoms with van der Waals surface area (Å²) in [6.45, 7) is 2.73. The second kappa shape index (κ2) is 5.81. The second-order valence-corrected chi connectivity index (χ2v) is 4.68. The molecule has 1 aromatic rings. The molecule has 0 aliphatic heterocycles. The molecule has 0 radical (unpaired) electrons. The molecule has 1 aromatic carbocycles. The first-order valence-corrected chi connectivity index (χ1v) is 5.76. The van der Waals surface area contributed by atoms with Crippen molar-refractivity contribution in [2.75, 3.05) is 5.32 Å². The lowest BCUT2D eigenvalue weighted by molar-refractivity contribution is -0.386. The van der Waals surface area contributed by atoms with E-state index in [2.05, 4.69) is 10.1 Å². The van der Waals surface area contributed by atoms with E-state index in [1.165, 1.54) is 12.1 Å². The molecule has 0 aromatic heterocycles. The maximum atomic E-state index is 12.2. The molecule has 19 heavy (non-hydrogen) atoms. The van der Waals surface area contributed by atoms with E-state index < -0.39 is 23.0 Å². The van der Waals surface area contributed by atoms with Crippen LogP contribution in [-0.4, -0.2) is 17.1 Å². The van der Waals surface area contributed by atoms with Crippen LogP contribution in [0.25, 0.3) is 0 Å². The zero-order chi connectivity index (χ0) is 14.6. The van der Waals surface area contributed by atoms with Crippen LogP contribution in [0.3, 0.4) is 0 Å². The first-order valence-electron chi connectivity index (χ1n) is 5.76. The van der Waals surface area contributed by atoms with Crippen LogP contribution in [0.2, 0.25) is 0 Å². The van der Waals surface area contributed by atoms with Crippen molar-refractivity contribution < 1.29 is 18.4 Å². The van der Waals surface area contributed by atoms with E-state index >= 15 is 0 Å². The molecule has 7 heteroatoms. The monoisotopic (exact) mass is 274 g/mol. The second-order valence-electron chi connectivity index (χ2n) is 4.68. The Morgan fingerprint density at radius 1 is 1.47 bits per heavy atom. The summed E-state index contributed by atoms with van der Waals surface area (Å²) in [6, 6.07) is 3.82. The Bertz CT molecular complexity index is 464. The van der Waals surface area contributed by atoms with Gasteiger partial charge in [-0.1, -0.05) is 6.92 Å². The van der Waals surface area contributed by atoms with Gasteiger partial charge >= 0.3 is 12.3 Å². The van der Waals surface area contributed by atoms with Crippen molar-refractivity contribution in [1.82, 2.24) is 0 Å². The van der Waals surface area contributed by atoms with Crippen LogP contribution in [0.4, 0.5) is 20.2 Å². The number of nitrogens with one attached hydrogen (secondary N) is 1. The van der Waals surface area contributed by atoms with E-state index in [4.69, 9.17) is 0 Å². The highest BCUT2D eigenvalue weighted by Crippen LogP contribution is 2.32. The molecule has 5 nitrogen and oxygen atoms in total. The lowest BCUT2D eigenvalue weighted by Gasteiger charge is -2.26. The van der Waals surface area contributed by atoms with Gasteiger partial charge in [-0.15, -0.1) is 0 Å². The lowest BCUT2D eigenvalue weighted by Crippen LogP contribution is -2.29. The van der Waals surface area contributed by atoms with Gasteiger partial charge in [0.25, 0.3) is 0 Å². The molecule has 0 spiro atoms. The number of hydrogen-bond donors (Lipinski definition) is 1. The molecule has 1 N–H and O–H groups in total. The van der Waals surface area contributed by atoms with E-state index in [9.17, 15) is 18.9 Å². The number of nitrogens with zero attached hydrogens (tertiary/aromatic N) is 1. The zero-order valence-electron chi connectivity index (χ0n) is 10.9. The molecule has 0 aliphatic rings. The Morgan fingerprint density at radius 2 is 2.11 bits per heavy atom. The van der Waals surface area contributed by atoms with Gasteiger partial charge in [0.2, 0.25) is 5.75 Å². The first-order chi connectivity index (χ1) is 8.75. The fraction of sp³-hybridized carbons (Fsp3) is 0.500. The van der Waals surface area contributed by atoms with Gasteiger partial charge in [0.15, 0.2) is 0 Å². The van der Waals surface area contributed by atoms with Crippen molar-refractivity contribution >= 4 is 11.4 Å². The molecule has 0 bridgehead atoms. The number of nitro groups is 1. The first kappa shape index (κ1) is 15.1.